The molecule has 4 rings (SSSR count). The van der Waals surface area contributed by atoms with E-state index in [9.17, 15) is 4.79 Å². The molecule has 1 atom stereocenters. The topological polar surface area (TPSA) is 61.0 Å². The smallest absolute Gasteiger partial charge is 0.217 e. The van der Waals surface area contributed by atoms with E-state index < -0.39 is 0 Å². The summed E-state index contributed by atoms with van der Waals surface area (Å²) in [6.07, 6.45) is 4.31. The molecule has 0 radical (unpaired) electrons. The van der Waals surface area contributed by atoms with E-state index in [-0.39, 0.29) is 5.91 Å². The van der Waals surface area contributed by atoms with Crippen LogP contribution in [0.2, 0.25) is 0 Å². The van der Waals surface area contributed by atoms with E-state index in [1.165, 1.54) is 29.8 Å². The maximum atomic E-state index is 11.1. The molecule has 0 saturated carbocycles. The highest BCUT2D eigenvalue weighted by Crippen LogP contribution is 2.33. The van der Waals surface area contributed by atoms with Gasteiger partial charge in [0.2, 0.25) is 5.91 Å². The zero-order valence-electron chi connectivity index (χ0n) is 15.0. The number of likely N-dealkylation sites (tertiary alicyclic amines) is 1. The maximum absolute atomic E-state index is 11.1. The van der Waals surface area contributed by atoms with Crippen LogP contribution in [0.5, 0.6) is 0 Å². The molecule has 1 aliphatic heterocycles. The Labute approximate surface area is 153 Å². The number of carbonyl (C=O) groups is 1. The third-order valence-electron chi connectivity index (χ3n) is 5.11. The first-order chi connectivity index (χ1) is 12.7. The van der Waals surface area contributed by atoms with Crippen molar-refractivity contribution in [2.75, 3.05) is 6.54 Å². The third-order valence-corrected chi connectivity index (χ3v) is 5.11. The van der Waals surface area contributed by atoms with Crippen LogP contribution in [0.15, 0.2) is 48.7 Å². The van der Waals surface area contributed by atoms with Crippen molar-refractivity contribution < 1.29 is 4.79 Å². The fourth-order valence-electron chi connectivity index (χ4n) is 3.85. The molecule has 0 spiro atoms. The first kappa shape index (κ1) is 16.8. The van der Waals surface area contributed by atoms with Gasteiger partial charge in [0.05, 0.1) is 24.0 Å². The lowest BCUT2D eigenvalue weighted by Gasteiger charge is -2.25. The Hall–Kier alpha value is -2.66. The number of fused-ring (bicyclic) bond motifs is 1. The van der Waals surface area contributed by atoms with Crippen LogP contribution < -0.4 is 5.32 Å². The van der Waals surface area contributed by atoms with Gasteiger partial charge in [0, 0.05) is 30.6 Å². The summed E-state index contributed by atoms with van der Waals surface area (Å²) < 4.78 is 0. The van der Waals surface area contributed by atoms with E-state index in [0.717, 1.165) is 30.9 Å². The van der Waals surface area contributed by atoms with Gasteiger partial charge in [-0.05, 0) is 49.2 Å². The number of carbonyl (C=O) groups excluding carboxylic acids is 1. The van der Waals surface area contributed by atoms with Gasteiger partial charge in [0.15, 0.2) is 0 Å². The molecule has 0 unspecified atom stereocenters. The summed E-state index contributed by atoms with van der Waals surface area (Å²) in [6.45, 7) is 4.03. The highest BCUT2D eigenvalue weighted by Gasteiger charge is 2.27. The average molecular weight is 348 g/mol. The number of hydrogen-bond acceptors (Lipinski definition) is 3. The van der Waals surface area contributed by atoms with Crippen LogP contribution in [-0.4, -0.2) is 27.3 Å². The van der Waals surface area contributed by atoms with Crippen LogP contribution in [0, 0.1) is 0 Å². The number of benzene rings is 1. The van der Waals surface area contributed by atoms with Crippen molar-refractivity contribution in [2.45, 2.75) is 38.9 Å². The van der Waals surface area contributed by atoms with Gasteiger partial charge in [0.25, 0.3) is 0 Å². The molecule has 1 amide bonds. The van der Waals surface area contributed by atoms with Crippen LogP contribution >= 0.6 is 0 Å². The third kappa shape index (κ3) is 3.48. The zero-order valence-corrected chi connectivity index (χ0v) is 15.0. The van der Waals surface area contributed by atoms with Crippen LogP contribution in [0.4, 0.5) is 0 Å². The van der Waals surface area contributed by atoms with Crippen LogP contribution in [0.25, 0.3) is 10.9 Å². The summed E-state index contributed by atoms with van der Waals surface area (Å²) in [5, 5.41) is 4.13. The second-order valence-electron chi connectivity index (χ2n) is 6.95. The fraction of sp³-hybridized carbons (Fsp3) is 0.333. The van der Waals surface area contributed by atoms with Gasteiger partial charge in [-0.3, -0.25) is 14.7 Å². The Kier molecular flexibility index (Phi) is 4.71. The predicted molar refractivity (Wildman–Crippen MR) is 102 cm³/mol. The molecule has 0 aliphatic carbocycles. The summed E-state index contributed by atoms with van der Waals surface area (Å²) in [7, 11) is 0. The predicted octanol–water partition coefficient (Wildman–Crippen LogP) is 3.54. The standard InChI is InChI=1S/C21H24N4O/c1-15(26)23-13-17-6-3-8-20(24-17)21-9-4-12-25(21)14-16-5-2-7-19-18(16)10-11-22-19/h2-3,5-8,10-11,21-22H,4,9,12-14H2,1H3,(H,23,26)/t21-/m1/s1. The quantitative estimate of drug-likeness (QED) is 0.741. The highest BCUT2D eigenvalue weighted by atomic mass is 16.1. The summed E-state index contributed by atoms with van der Waals surface area (Å²) in [5.41, 5.74) is 4.56. The Morgan fingerprint density at radius 1 is 1.27 bits per heavy atom. The largest absolute Gasteiger partial charge is 0.361 e. The van der Waals surface area contributed by atoms with Crippen molar-refractivity contribution in [3.05, 3.63) is 65.6 Å². The molecule has 26 heavy (non-hydrogen) atoms. The van der Waals surface area contributed by atoms with Crippen LogP contribution in [0.1, 0.15) is 42.8 Å². The fourth-order valence-corrected chi connectivity index (χ4v) is 3.85. The molecule has 5 heteroatoms. The molecular formula is C21H24N4O. The highest BCUT2D eigenvalue weighted by molar-refractivity contribution is 5.82. The van der Waals surface area contributed by atoms with Crippen molar-refractivity contribution in [3.8, 4) is 0 Å². The van der Waals surface area contributed by atoms with Crippen molar-refractivity contribution >= 4 is 16.8 Å². The number of H-pyrrole nitrogens is 1. The number of nitrogens with one attached hydrogen (secondary N) is 2. The van der Waals surface area contributed by atoms with Crippen molar-refractivity contribution in [1.82, 2.24) is 20.2 Å². The number of aromatic amines is 1. The molecule has 1 fully saturated rings. The number of aromatic nitrogens is 2. The van der Waals surface area contributed by atoms with Gasteiger partial charge in [0.1, 0.15) is 0 Å². The molecule has 134 valence electrons. The normalized spacial score (nSPS) is 17.7. The molecule has 1 aromatic carbocycles. The minimum Gasteiger partial charge on any atom is -0.361 e. The molecule has 2 N–H and O–H groups in total. The molecule has 1 aliphatic rings. The number of amides is 1. The SMILES string of the molecule is CC(=O)NCc1cccc([C@H]2CCCN2Cc2cccc3[nH]ccc23)n1. The van der Waals surface area contributed by atoms with Crippen molar-refractivity contribution in [1.29, 1.82) is 0 Å². The molecular weight excluding hydrogens is 324 g/mol. The van der Waals surface area contributed by atoms with Gasteiger partial charge in [-0.25, -0.2) is 0 Å². The number of hydrogen-bond donors (Lipinski definition) is 2. The second-order valence-corrected chi connectivity index (χ2v) is 6.95. The molecule has 0 bridgehead atoms. The molecule has 1 saturated heterocycles. The average Bonchev–Trinajstić information content (AvgIpc) is 3.30. The van der Waals surface area contributed by atoms with Gasteiger partial charge >= 0.3 is 0 Å². The Bertz CT molecular complexity index is 917. The Balaban J connectivity index is 1.54. The minimum atomic E-state index is -0.0284. The van der Waals surface area contributed by atoms with E-state index in [0.29, 0.717) is 12.6 Å². The van der Waals surface area contributed by atoms with Crippen LogP contribution in [0.3, 0.4) is 0 Å². The molecule has 3 heterocycles. The summed E-state index contributed by atoms with van der Waals surface area (Å²) in [6, 6.07) is 15.1. The lowest BCUT2D eigenvalue weighted by Crippen LogP contribution is -2.24. The van der Waals surface area contributed by atoms with E-state index in [2.05, 4.69) is 45.5 Å². The molecule has 2 aromatic heterocycles. The van der Waals surface area contributed by atoms with E-state index in [1.807, 2.05) is 18.3 Å². The van der Waals surface area contributed by atoms with E-state index in [1.54, 1.807) is 0 Å². The summed E-state index contributed by atoms with van der Waals surface area (Å²) in [5.74, 6) is -0.0284. The van der Waals surface area contributed by atoms with Gasteiger partial charge < -0.3 is 10.3 Å². The minimum absolute atomic E-state index is 0.0284. The second kappa shape index (κ2) is 7.30. The number of pyridine rings is 1. The molecule has 3 aromatic rings. The summed E-state index contributed by atoms with van der Waals surface area (Å²) in [4.78, 5) is 21.8. The first-order valence-electron chi connectivity index (χ1n) is 9.20. The van der Waals surface area contributed by atoms with Gasteiger partial charge in [-0.1, -0.05) is 18.2 Å². The number of nitrogens with zero attached hydrogens (tertiary/aromatic N) is 2. The van der Waals surface area contributed by atoms with Crippen LogP contribution in [-0.2, 0) is 17.9 Å². The van der Waals surface area contributed by atoms with E-state index >= 15 is 0 Å². The van der Waals surface area contributed by atoms with Crippen molar-refractivity contribution in [3.63, 3.8) is 0 Å². The first-order valence-corrected chi connectivity index (χ1v) is 9.20. The zero-order chi connectivity index (χ0) is 17.9. The maximum Gasteiger partial charge on any atom is 0.217 e. The monoisotopic (exact) mass is 348 g/mol. The number of rotatable bonds is 5. The lowest BCUT2D eigenvalue weighted by atomic mass is 10.1. The van der Waals surface area contributed by atoms with Gasteiger partial charge in [-0.2, -0.15) is 0 Å². The van der Waals surface area contributed by atoms with Crippen molar-refractivity contribution in [2.24, 2.45) is 0 Å². The Morgan fingerprint density at radius 2 is 2.15 bits per heavy atom. The summed E-state index contributed by atoms with van der Waals surface area (Å²) >= 11 is 0. The lowest BCUT2D eigenvalue weighted by molar-refractivity contribution is -0.119. The van der Waals surface area contributed by atoms with Gasteiger partial charge in [-0.15, -0.1) is 0 Å². The molecule has 5 nitrogen and oxygen atoms in total. The van der Waals surface area contributed by atoms with E-state index in [4.69, 9.17) is 4.98 Å². The Morgan fingerprint density at radius 3 is 3.04 bits per heavy atom.